The Labute approximate surface area is 202 Å². The van der Waals surface area contributed by atoms with Crippen molar-refractivity contribution in [2.75, 3.05) is 48.6 Å². The van der Waals surface area contributed by atoms with Crippen molar-refractivity contribution in [2.24, 2.45) is 0 Å². The number of piperazine rings is 1. The summed E-state index contributed by atoms with van der Waals surface area (Å²) >= 11 is 6.46. The van der Waals surface area contributed by atoms with Crippen molar-refractivity contribution in [3.8, 4) is 0 Å². The van der Waals surface area contributed by atoms with E-state index in [1.807, 2.05) is 25.7 Å². The van der Waals surface area contributed by atoms with Gasteiger partial charge >= 0.3 is 6.09 Å². The number of nitrogens with one attached hydrogen (secondary N) is 1. The predicted octanol–water partition coefficient (Wildman–Crippen LogP) is 3.41. The van der Waals surface area contributed by atoms with E-state index >= 15 is 0 Å². The summed E-state index contributed by atoms with van der Waals surface area (Å²) < 4.78 is 30.8. The zero-order chi connectivity index (χ0) is 24.4. The second-order valence-electron chi connectivity index (χ2n) is 9.85. The first-order chi connectivity index (χ1) is 15.4. The Morgan fingerprint density at radius 1 is 1.24 bits per heavy atom. The van der Waals surface area contributed by atoms with E-state index in [-0.39, 0.29) is 6.09 Å². The number of piperidine rings is 1. The molecule has 11 heteroatoms. The van der Waals surface area contributed by atoms with Crippen LogP contribution in [0.5, 0.6) is 0 Å². The van der Waals surface area contributed by atoms with E-state index in [0.717, 1.165) is 45.2 Å². The van der Waals surface area contributed by atoms with Crippen molar-refractivity contribution in [1.82, 2.24) is 14.8 Å². The van der Waals surface area contributed by atoms with Crippen LogP contribution in [0.15, 0.2) is 12.3 Å². The van der Waals surface area contributed by atoms with Gasteiger partial charge in [-0.15, -0.1) is 0 Å². The number of carbonyl (C=O) groups is 1. The number of pyridine rings is 1. The van der Waals surface area contributed by atoms with E-state index in [1.165, 1.54) is 6.20 Å². The van der Waals surface area contributed by atoms with Crippen molar-refractivity contribution < 1.29 is 17.9 Å². The number of ether oxygens (including phenoxy) is 1. The minimum absolute atomic E-state index is 0.229. The van der Waals surface area contributed by atoms with Gasteiger partial charge in [0, 0.05) is 44.8 Å². The average Bonchev–Trinajstić information content (AvgIpc) is 2.71. The smallest absolute Gasteiger partial charge is 0.410 e. The van der Waals surface area contributed by atoms with E-state index in [9.17, 15) is 13.2 Å². The molecule has 0 bridgehead atoms. The topological polar surface area (TPSA) is 95.1 Å². The predicted molar refractivity (Wildman–Crippen MR) is 132 cm³/mol. The summed E-state index contributed by atoms with van der Waals surface area (Å²) in [6, 6.07) is 2.38. The Bertz CT molecular complexity index is 945. The molecule has 1 unspecified atom stereocenters. The number of carbonyl (C=O) groups excluding carboxylic acids is 1. The van der Waals surface area contributed by atoms with Gasteiger partial charge in [0.1, 0.15) is 11.4 Å². The summed E-state index contributed by atoms with van der Waals surface area (Å²) in [7, 11) is -3.38. The molecule has 2 aliphatic rings. The Balaban J connectivity index is 1.60. The number of hydrogen-bond acceptors (Lipinski definition) is 7. The highest BCUT2D eigenvalue weighted by molar-refractivity contribution is 7.92. The molecular weight excluding hydrogens is 466 g/mol. The van der Waals surface area contributed by atoms with Crippen LogP contribution in [0.1, 0.15) is 47.0 Å². The van der Waals surface area contributed by atoms with E-state index in [2.05, 4.69) is 26.4 Å². The van der Waals surface area contributed by atoms with Gasteiger partial charge in [-0.3, -0.25) is 9.62 Å². The molecule has 33 heavy (non-hydrogen) atoms. The molecule has 0 aliphatic carbocycles. The van der Waals surface area contributed by atoms with Crippen LogP contribution in [-0.2, 0) is 14.8 Å². The maximum atomic E-state index is 12.4. The molecule has 3 heterocycles. The van der Waals surface area contributed by atoms with Gasteiger partial charge in [0.05, 0.1) is 23.2 Å². The van der Waals surface area contributed by atoms with Crippen LogP contribution in [-0.4, -0.2) is 86.0 Å². The lowest BCUT2D eigenvalue weighted by molar-refractivity contribution is 0.00944. The maximum Gasteiger partial charge on any atom is 0.410 e. The number of amides is 1. The first-order valence-corrected chi connectivity index (χ1v) is 13.7. The number of likely N-dealkylation sites (tertiary alicyclic amines) is 1. The molecule has 1 N–H and O–H groups in total. The van der Waals surface area contributed by atoms with Crippen LogP contribution < -0.4 is 9.62 Å². The summed E-state index contributed by atoms with van der Waals surface area (Å²) in [6.07, 6.45) is 5.22. The number of rotatable bonds is 5. The van der Waals surface area contributed by atoms with Crippen molar-refractivity contribution in [1.29, 1.82) is 0 Å². The van der Waals surface area contributed by atoms with E-state index < -0.39 is 15.6 Å². The quantitative estimate of drug-likeness (QED) is 0.660. The number of nitrogens with zero attached hydrogens (tertiary/aromatic N) is 4. The van der Waals surface area contributed by atoms with Crippen LogP contribution in [0, 0.1) is 0 Å². The summed E-state index contributed by atoms with van der Waals surface area (Å²) in [4.78, 5) is 23.4. The third-order valence-corrected chi connectivity index (χ3v) is 6.89. The van der Waals surface area contributed by atoms with Crippen molar-refractivity contribution >= 4 is 39.2 Å². The lowest BCUT2D eigenvalue weighted by atomic mass is 9.98. The third kappa shape index (κ3) is 7.10. The van der Waals surface area contributed by atoms with Crippen molar-refractivity contribution in [3.63, 3.8) is 0 Å². The maximum absolute atomic E-state index is 12.4. The standard InChI is InChI=1S/C22H36ClN5O4S/c1-6-17-15-27(20-19(23)13-16(14-24-20)25-33(5,30)31)11-12-28(17)18-7-9-26(10-8-18)21(29)32-22(2,3)4/h13-14,17-18,25H,6-12,15H2,1-5H3. The number of sulfonamides is 1. The molecule has 0 spiro atoms. The van der Waals surface area contributed by atoms with Gasteiger partial charge in [-0.2, -0.15) is 0 Å². The molecule has 2 saturated heterocycles. The van der Waals surface area contributed by atoms with E-state index in [4.69, 9.17) is 16.3 Å². The molecule has 1 aromatic rings. The van der Waals surface area contributed by atoms with Crippen LogP contribution in [0.25, 0.3) is 0 Å². The van der Waals surface area contributed by atoms with Gasteiger partial charge in [-0.25, -0.2) is 18.2 Å². The molecule has 9 nitrogen and oxygen atoms in total. The van der Waals surface area contributed by atoms with Gasteiger partial charge in [-0.1, -0.05) is 18.5 Å². The van der Waals surface area contributed by atoms with Gasteiger partial charge in [-0.05, 0) is 46.1 Å². The Kier molecular flexibility index (Phi) is 8.01. The molecule has 0 radical (unpaired) electrons. The van der Waals surface area contributed by atoms with Gasteiger partial charge in [0.2, 0.25) is 10.0 Å². The first kappa shape index (κ1) is 25.8. The Morgan fingerprint density at radius 3 is 2.45 bits per heavy atom. The highest BCUT2D eigenvalue weighted by Crippen LogP contribution is 2.31. The fourth-order valence-electron chi connectivity index (χ4n) is 4.55. The Morgan fingerprint density at radius 2 is 1.91 bits per heavy atom. The highest BCUT2D eigenvalue weighted by atomic mass is 35.5. The molecular formula is C22H36ClN5O4S. The number of halogens is 1. The molecule has 0 aromatic carbocycles. The average molecular weight is 502 g/mol. The fraction of sp³-hybridized carbons (Fsp3) is 0.727. The zero-order valence-electron chi connectivity index (χ0n) is 20.2. The highest BCUT2D eigenvalue weighted by Gasteiger charge is 2.35. The first-order valence-electron chi connectivity index (χ1n) is 11.5. The SMILES string of the molecule is CCC1CN(c2ncc(NS(C)(=O)=O)cc2Cl)CCN1C1CCN(C(=O)OC(C)(C)C)CC1. The minimum atomic E-state index is -3.38. The normalized spacial score (nSPS) is 21.2. The van der Waals surface area contributed by atoms with Gasteiger partial charge < -0.3 is 14.5 Å². The number of hydrogen-bond donors (Lipinski definition) is 1. The number of anilines is 2. The lowest BCUT2D eigenvalue weighted by Crippen LogP contribution is -2.59. The molecule has 1 atom stereocenters. The molecule has 0 saturated carbocycles. The molecule has 2 aliphatic heterocycles. The second kappa shape index (κ2) is 10.2. The molecule has 1 aromatic heterocycles. The summed E-state index contributed by atoms with van der Waals surface area (Å²) in [5.41, 5.74) is -0.125. The van der Waals surface area contributed by atoms with E-state index in [0.29, 0.717) is 41.7 Å². The van der Waals surface area contributed by atoms with E-state index in [1.54, 1.807) is 6.07 Å². The summed E-state index contributed by atoms with van der Waals surface area (Å²) in [5.74, 6) is 0.675. The third-order valence-electron chi connectivity index (χ3n) is 6.01. The van der Waals surface area contributed by atoms with Crippen LogP contribution in [0.3, 0.4) is 0 Å². The minimum Gasteiger partial charge on any atom is -0.444 e. The fourth-order valence-corrected chi connectivity index (χ4v) is 5.37. The lowest BCUT2D eigenvalue weighted by Gasteiger charge is -2.47. The molecule has 1 amide bonds. The van der Waals surface area contributed by atoms with Crippen LogP contribution >= 0.6 is 11.6 Å². The van der Waals surface area contributed by atoms with Gasteiger partial charge in [0.15, 0.2) is 0 Å². The molecule has 186 valence electrons. The largest absolute Gasteiger partial charge is 0.444 e. The second-order valence-corrected chi connectivity index (χ2v) is 12.0. The zero-order valence-corrected chi connectivity index (χ0v) is 21.7. The monoisotopic (exact) mass is 501 g/mol. The summed E-state index contributed by atoms with van der Waals surface area (Å²) in [6.45, 7) is 11.7. The van der Waals surface area contributed by atoms with Crippen LogP contribution in [0.4, 0.5) is 16.3 Å². The summed E-state index contributed by atoms with van der Waals surface area (Å²) in [5, 5.41) is 0.428. The van der Waals surface area contributed by atoms with Crippen LogP contribution in [0.2, 0.25) is 5.02 Å². The molecule has 2 fully saturated rings. The number of aromatic nitrogens is 1. The Hall–Kier alpha value is -1.78. The molecule has 3 rings (SSSR count). The van der Waals surface area contributed by atoms with Gasteiger partial charge in [0.25, 0.3) is 0 Å². The van der Waals surface area contributed by atoms with Crippen molar-refractivity contribution in [2.45, 2.75) is 64.6 Å². The van der Waals surface area contributed by atoms with Crippen molar-refractivity contribution in [3.05, 3.63) is 17.3 Å².